The smallest absolute Gasteiger partial charge is 0.320 e. The van der Waals surface area contributed by atoms with Crippen molar-refractivity contribution in [1.82, 2.24) is 4.37 Å². The number of carboxylic acid groups (broad SMARTS) is 1. The van der Waals surface area contributed by atoms with Gasteiger partial charge in [0.25, 0.3) is 0 Å². The van der Waals surface area contributed by atoms with E-state index < -0.39 is 10.7 Å². The molecule has 4 nitrogen and oxygen atoms in total. The lowest BCUT2D eigenvalue weighted by Gasteiger charge is -2.37. The standard InChI is InChI=1S/C19H14N2O2S2/c1-20-14-6-3-12(4-7-14)16-15(8-5-13-11-21-25-17(13)16)24-19(18(22)23)9-2-10-19/h3-8,11H,2,9-10H2,(H,22,23). The second-order valence-corrected chi connectivity index (χ2v) is 8.32. The van der Waals surface area contributed by atoms with E-state index in [1.807, 2.05) is 30.5 Å². The van der Waals surface area contributed by atoms with Gasteiger partial charge in [0, 0.05) is 22.0 Å². The van der Waals surface area contributed by atoms with Gasteiger partial charge in [-0.05, 0) is 42.4 Å². The molecule has 2 aromatic carbocycles. The van der Waals surface area contributed by atoms with E-state index >= 15 is 0 Å². The minimum atomic E-state index is -0.734. The van der Waals surface area contributed by atoms with E-state index in [0.29, 0.717) is 18.5 Å². The summed E-state index contributed by atoms with van der Waals surface area (Å²) in [6.45, 7) is 7.11. The van der Waals surface area contributed by atoms with Crippen molar-refractivity contribution in [2.45, 2.75) is 28.9 Å². The number of thioether (sulfide) groups is 1. The Bertz CT molecular complexity index is 998. The molecule has 0 spiro atoms. The molecule has 6 heteroatoms. The minimum Gasteiger partial charge on any atom is -0.480 e. The van der Waals surface area contributed by atoms with Gasteiger partial charge in [-0.25, -0.2) is 4.85 Å². The summed E-state index contributed by atoms with van der Waals surface area (Å²) >= 11 is 2.88. The highest BCUT2D eigenvalue weighted by atomic mass is 32.2. The molecular formula is C19H14N2O2S2. The van der Waals surface area contributed by atoms with Gasteiger partial charge in [-0.3, -0.25) is 4.79 Å². The summed E-state index contributed by atoms with van der Waals surface area (Å²) in [6.07, 6.45) is 4.19. The highest BCUT2D eigenvalue weighted by molar-refractivity contribution is 8.01. The Morgan fingerprint density at radius 1 is 1.24 bits per heavy atom. The maximum Gasteiger partial charge on any atom is 0.320 e. The Morgan fingerprint density at radius 2 is 2.00 bits per heavy atom. The molecule has 1 aliphatic rings. The predicted octanol–water partition coefficient (Wildman–Crippen LogP) is 5.61. The van der Waals surface area contributed by atoms with Gasteiger partial charge in [-0.2, -0.15) is 4.37 Å². The average molecular weight is 366 g/mol. The molecule has 1 aromatic heterocycles. The van der Waals surface area contributed by atoms with Crippen LogP contribution in [0.3, 0.4) is 0 Å². The average Bonchev–Trinajstić information content (AvgIpc) is 3.06. The highest BCUT2D eigenvalue weighted by Crippen LogP contribution is 2.51. The third-order valence-electron chi connectivity index (χ3n) is 4.63. The molecule has 0 unspecified atom stereocenters. The third kappa shape index (κ3) is 2.70. The van der Waals surface area contributed by atoms with Crippen LogP contribution in [0.15, 0.2) is 47.5 Å². The molecule has 4 rings (SSSR count). The van der Waals surface area contributed by atoms with Crippen LogP contribution in [0.4, 0.5) is 5.69 Å². The zero-order valence-corrected chi connectivity index (χ0v) is 14.9. The number of carbonyl (C=O) groups is 1. The Labute approximate surface area is 153 Å². The molecule has 0 amide bonds. The number of benzene rings is 2. The minimum absolute atomic E-state index is 0.593. The first-order valence-electron chi connectivity index (χ1n) is 7.91. The Hall–Kier alpha value is -2.36. The maximum atomic E-state index is 11.8. The van der Waals surface area contributed by atoms with Crippen molar-refractivity contribution in [3.8, 4) is 11.1 Å². The SMILES string of the molecule is [C-]#[N+]c1ccc(-c2c(SC3(C(=O)O)CCC3)ccc3cnsc23)cc1. The maximum absolute atomic E-state index is 11.8. The fraction of sp³-hybridized carbons (Fsp3) is 0.211. The molecule has 1 N–H and O–H groups in total. The summed E-state index contributed by atoms with van der Waals surface area (Å²) in [7, 11) is 0. The van der Waals surface area contributed by atoms with Crippen LogP contribution in [-0.4, -0.2) is 20.2 Å². The predicted molar refractivity (Wildman–Crippen MR) is 101 cm³/mol. The van der Waals surface area contributed by atoms with Crippen molar-refractivity contribution in [3.63, 3.8) is 0 Å². The number of aliphatic carboxylic acids is 1. The summed E-state index contributed by atoms with van der Waals surface area (Å²) in [4.78, 5) is 16.2. The second kappa shape index (κ2) is 6.17. The first-order valence-corrected chi connectivity index (χ1v) is 9.50. The number of hydrogen-bond acceptors (Lipinski definition) is 4. The molecular weight excluding hydrogens is 352 g/mol. The van der Waals surface area contributed by atoms with Gasteiger partial charge in [0.2, 0.25) is 0 Å². The Morgan fingerprint density at radius 3 is 2.60 bits per heavy atom. The van der Waals surface area contributed by atoms with Crippen LogP contribution >= 0.6 is 23.3 Å². The van der Waals surface area contributed by atoms with Crippen LogP contribution in [0.25, 0.3) is 26.1 Å². The molecule has 0 aliphatic heterocycles. The van der Waals surface area contributed by atoms with E-state index in [4.69, 9.17) is 6.57 Å². The van der Waals surface area contributed by atoms with Crippen molar-refractivity contribution in [1.29, 1.82) is 0 Å². The number of aromatic nitrogens is 1. The van der Waals surface area contributed by atoms with E-state index in [0.717, 1.165) is 32.5 Å². The van der Waals surface area contributed by atoms with Gasteiger partial charge in [0.15, 0.2) is 5.69 Å². The molecule has 124 valence electrons. The molecule has 1 aliphatic carbocycles. The number of carboxylic acids is 1. The molecule has 3 aromatic rings. The lowest BCUT2D eigenvalue weighted by Crippen LogP contribution is -2.41. The highest BCUT2D eigenvalue weighted by Gasteiger charge is 2.46. The van der Waals surface area contributed by atoms with Crippen molar-refractivity contribution in [2.24, 2.45) is 0 Å². The van der Waals surface area contributed by atoms with Gasteiger partial charge in [0.1, 0.15) is 4.75 Å². The zero-order valence-electron chi connectivity index (χ0n) is 13.2. The molecule has 0 atom stereocenters. The topological polar surface area (TPSA) is 54.5 Å². The summed E-state index contributed by atoms with van der Waals surface area (Å²) in [5.41, 5.74) is 2.61. The summed E-state index contributed by atoms with van der Waals surface area (Å²) in [6, 6.07) is 11.5. The fourth-order valence-corrected chi connectivity index (χ4v) is 5.39. The fourth-order valence-electron chi connectivity index (χ4n) is 3.05. The van der Waals surface area contributed by atoms with Gasteiger partial charge in [-0.1, -0.05) is 30.3 Å². The van der Waals surface area contributed by atoms with E-state index in [2.05, 4.69) is 9.22 Å². The number of hydrogen-bond donors (Lipinski definition) is 1. The van der Waals surface area contributed by atoms with Crippen molar-refractivity contribution in [2.75, 3.05) is 0 Å². The van der Waals surface area contributed by atoms with Gasteiger partial charge >= 0.3 is 5.97 Å². The Kier molecular flexibility index (Phi) is 3.98. The molecule has 0 saturated heterocycles. The van der Waals surface area contributed by atoms with Crippen LogP contribution in [0.5, 0.6) is 0 Å². The van der Waals surface area contributed by atoms with Crippen LogP contribution in [0.2, 0.25) is 0 Å². The lowest BCUT2D eigenvalue weighted by molar-refractivity contribution is -0.142. The summed E-state index contributed by atoms with van der Waals surface area (Å²) in [5.74, 6) is -0.734. The van der Waals surface area contributed by atoms with Crippen molar-refractivity contribution >= 4 is 45.0 Å². The zero-order chi connectivity index (χ0) is 17.4. The second-order valence-electron chi connectivity index (χ2n) is 6.10. The van der Waals surface area contributed by atoms with Gasteiger partial charge in [-0.15, -0.1) is 11.8 Å². The monoisotopic (exact) mass is 366 g/mol. The molecule has 25 heavy (non-hydrogen) atoms. The van der Waals surface area contributed by atoms with Crippen LogP contribution in [-0.2, 0) is 4.79 Å². The molecule has 0 bridgehead atoms. The number of fused-ring (bicyclic) bond motifs is 1. The molecule has 1 fully saturated rings. The molecule has 1 saturated carbocycles. The quantitative estimate of drug-likeness (QED) is 0.610. The lowest BCUT2D eigenvalue weighted by atomic mass is 9.84. The van der Waals surface area contributed by atoms with Gasteiger partial charge < -0.3 is 5.11 Å². The van der Waals surface area contributed by atoms with E-state index in [1.165, 1.54) is 23.3 Å². The van der Waals surface area contributed by atoms with E-state index in [9.17, 15) is 9.90 Å². The summed E-state index contributed by atoms with van der Waals surface area (Å²) in [5, 5.41) is 10.7. The number of nitrogens with zero attached hydrogens (tertiary/aromatic N) is 2. The van der Waals surface area contributed by atoms with E-state index in [1.54, 1.807) is 12.1 Å². The normalized spacial score (nSPS) is 15.5. The number of rotatable bonds is 4. The van der Waals surface area contributed by atoms with Crippen molar-refractivity contribution in [3.05, 3.63) is 54.0 Å². The first-order chi connectivity index (χ1) is 12.1. The molecule has 1 heterocycles. The van der Waals surface area contributed by atoms with Crippen LogP contribution in [0, 0.1) is 6.57 Å². The van der Waals surface area contributed by atoms with Crippen LogP contribution in [0.1, 0.15) is 19.3 Å². The largest absolute Gasteiger partial charge is 0.480 e. The van der Waals surface area contributed by atoms with E-state index in [-0.39, 0.29) is 0 Å². The Balaban J connectivity index is 1.86. The summed E-state index contributed by atoms with van der Waals surface area (Å²) < 4.78 is 4.63. The first kappa shape index (κ1) is 16.1. The third-order valence-corrected chi connectivity index (χ3v) is 6.99. The van der Waals surface area contributed by atoms with Gasteiger partial charge in [0.05, 0.1) is 11.3 Å². The molecule has 0 radical (unpaired) electrons. The van der Waals surface area contributed by atoms with Crippen LogP contribution < -0.4 is 0 Å². The van der Waals surface area contributed by atoms with Crippen molar-refractivity contribution < 1.29 is 9.90 Å².